The van der Waals surface area contributed by atoms with Gasteiger partial charge in [-0.1, -0.05) is 51.1 Å². The molecule has 0 spiro atoms. The van der Waals surface area contributed by atoms with E-state index in [9.17, 15) is 9.90 Å². The average Bonchev–Trinajstić information content (AvgIpc) is 3.37. The molecule has 0 amide bonds. The molecule has 4 rings (SSSR count). The van der Waals surface area contributed by atoms with Gasteiger partial charge in [-0.05, 0) is 66.8 Å². The number of carboxylic acids is 1. The Morgan fingerprint density at radius 2 is 1.97 bits per heavy atom. The van der Waals surface area contributed by atoms with Crippen LogP contribution in [0, 0.1) is 12.8 Å². The van der Waals surface area contributed by atoms with E-state index in [0.717, 1.165) is 35.7 Å². The van der Waals surface area contributed by atoms with E-state index in [-0.39, 0.29) is 11.8 Å². The minimum Gasteiger partial charge on any atom is -0.493 e. The van der Waals surface area contributed by atoms with Crippen molar-refractivity contribution in [2.75, 3.05) is 6.61 Å². The van der Waals surface area contributed by atoms with Crippen LogP contribution in [0.15, 0.2) is 42.5 Å². The van der Waals surface area contributed by atoms with E-state index in [1.54, 1.807) is 11.3 Å². The monoisotopic (exact) mass is 463 g/mol. The molecular formula is C28H33NO3S. The molecule has 0 saturated heterocycles. The maximum absolute atomic E-state index is 11.6. The van der Waals surface area contributed by atoms with Gasteiger partial charge in [0.25, 0.3) is 0 Å². The van der Waals surface area contributed by atoms with Gasteiger partial charge in [-0.25, -0.2) is 4.98 Å². The van der Waals surface area contributed by atoms with Crippen LogP contribution < -0.4 is 4.74 Å². The van der Waals surface area contributed by atoms with E-state index in [4.69, 9.17) is 9.72 Å². The van der Waals surface area contributed by atoms with Gasteiger partial charge >= 0.3 is 5.97 Å². The molecule has 1 N–H and O–H groups in total. The fourth-order valence-electron chi connectivity index (χ4n) is 4.83. The third-order valence-electron chi connectivity index (χ3n) is 6.81. The Balaban J connectivity index is 1.38. The lowest BCUT2D eigenvalue weighted by Gasteiger charge is -2.19. The molecule has 2 aromatic carbocycles. The van der Waals surface area contributed by atoms with Crippen molar-refractivity contribution < 1.29 is 14.6 Å². The van der Waals surface area contributed by atoms with Gasteiger partial charge in [0, 0.05) is 16.9 Å². The fraction of sp³-hybridized carbons (Fsp3) is 0.429. The third-order valence-corrected chi connectivity index (χ3v) is 7.87. The van der Waals surface area contributed by atoms with Crippen LogP contribution in [-0.2, 0) is 17.6 Å². The molecule has 3 aromatic rings. The van der Waals surface area contributed by atoms with Crippen LogP contribution in [0.25, 0.3) is 10.6 Å². The van der Waals surface area contributed by atoms with Crippen LogP contribution in [-0.4, -0.2) is 22.7 Å². The number of rotatable bonds is 9. The summed E-state index contributed by atoms with van der Waals surface area (Å²) in [6, 6.07) is 14.9. The number of benzene rings is 2. The normalized spacial score (nSPS) is 16.1. The van der Waals surface area contributed by atoms with Crippen molar-refractivity contribution in [2.45, 2.75) is 65.2 Å². The summed E-state index contributed by atoms with van der Waals surface area (Å²) in [4.78, 5) is 17.7. The van der Waals surface area contributed by atoms with Crippen molar-refractivity contribution in [1.29, 1.82) is 0 Å². The molecule has 0 bridgehead atoms. The van der Waals surface area contributed by atoms with Crippen molar-refractivity contribution in [3.63, 3.8) is 0 Å². The van der Waals surface area contributed by atoms with Gasteiger partial charge in [0.2, 0.25) is 0 Å². The zero-order valence-electron chi connectivity index (χ0n) is 19.9. The number of aromatic nitrogens is 1. The highest BCUT2D eigenvalue weighted by Gasteiger charge is 2.33. The summed E-state index contributed by atoms with van der Waals surface area (Å²) in [7, 11) is 0. The average molecular weight is 464 g/mol. The molecule has 0 radical (unpaired) electrons. The molecule has 1 aromatic heterocycles. The number of thiazole rings is 1. The minimum absolute atomic E-state index is 0.113. The predicted octanol–water partition coefficient (Wildman–Crippen LogP) is 7.00. The topological polar surface area (TPSA) is 59.4 Å². The van der Waals surface area contributed by atoms with E-state index >= 15 is 0 Å². The van der Waals surface area contributed by atoms with Gasteiger partial charge < -0.3 is 9.84 Å². The highest BCUT2D eigenvalue weighted by molar-refractivity contribution is 7.15. The molecular weight excluding hydrogens is 430 g/mol. The van der Waals surface area contributed by atoms with Gasteiger partial charge in [0.15, 0.2) is 0 Å². The zero-order chi connectivity index (χ0) is 23.5. The van der Waals surface area contributed by atoms with Crippen molar-refractivity contribution in [3.8, 4) is 16.3 Å². The SMILES string of the molecule is CCC(C(=O)O)[C@@H]1CCc2cc(OCCc3nc(-c4ccc(C(C)C)cc4)sc3C)ccc21. The second-order valence-electron chi connectivity index (χ2n) is 9.26. The number of hydrogen-bond acceptors (Lipinski definition) is 4. The summed E-state index contributed by atoms with van der Waals surface area (Å²) in [5.41, 5.74) is 6.01. The quantitative estimate of drug-likeness (QED) is 0.371. The van der Waals surface area contributed by atoms with E-state index in [2.05, 4.69) is 57.2 Å². The van der Waals surface area contributed by atoms with Gasteiger partial charge in [-0.15, -0.1) is 11.3 Å². The predicted molar refractivity (Wildman–Crippen MR) is 134 cm³/mol. The molecule has 1 heterocycles. The Kier molecular flexibility index (Phi) is 7.18. The van der Waals surface area contributed by atoms with Crippen molar-refractivity contribution in [1.82, 2.24) is 4.98 Å². The van der Waals surface area contributed by atoms with Crippen LogP contribution >= 0.6 is 11.3 Å². The summed E-state index contributed by atoms with van der Waals surface area (Å²) < 4.78 is 6.07. The van der Waals surface area contributed by atoms with Crippen LogP contribution in [0.2, 0.25) is 0 Å². The second-order valence-corrected chi connectivity index (χ2v) is 10.5. The summed E-state index contributed by atoms with van der Waals surface area (Å²) in [6.07, 6.45) is 3.26. The minimum atomic E-state index is -0.690. The van der Waals surface area contributed by atoms with Gasteiger partial charge in [0.1, 0.15) is 10.8 Å². The highest BCUT2D eigenvalue weighted by atomic mass is 32.1. The Morgan fingerprint density at radius 1 is 1.21 bits per heavy atom. The number of nitrogens with zero attached hydrogens (tertiary/aromatic N) is 1. The molecule has 4 nitrogen and oxygen atoms in total. The molecule has 1 aliphatic carbocycles. The van der Waals surface area contributed by atoms with E-state index in [0.29, 0.717) is 18.9 Å². The molecule has 2 atom stereocenters. The number of fused-ring (bicyclic) bond motifs is 1. The Hall–Kier alpha value is -2.66. The van der Waals surface area contributed by atoms with Crippen LogP contribution in [0.1, 0.15) is 72.7 Å². The summed E-state index contributed by atoms with van der Waals surface area (Å²) >= 11 is 1.74. The number of carbonyl (C=O) groups is 1. The molecule has 1 aliphatic rings. The largest absolute Gasteiger partial charge is 0.493 e. The first-order valence-corrected chi connectivity index (χ1v) is 12.7. The van der Waals surface area contributed by atoms with Crippen LogP contribution in [0.5, 0.6) is 5.75 Å². The van der Waals surface area contributed by atoms with Gasteiger partial charge in [-0.3, -0.25) is 4.79 Å². The number of ether oxygens (including phenoxy) is 1. The van der Waals surface area contributed by atoms with Gasteiger partial charge in [-0.2, -0.15) is 0 Å². The lowest BCUT2D eigenvalue weighted by atomic mass is 9.85. The first-order valence-electron chi connectivity index (χ1n) is 11.9. The lowest BCUT2D eigenvalue weighted by Crippen LogP contribution is -2.19. The third kappa shape index (κ3) is 5.14. The van der Waals surface area contributed by atoms with Crippen LogP contribution in [0.3, 0.4) is 0 Å². The molecule has 33 heavy (non-hydrogen) atoms. The lowest BCUT2D eigenvalue weighted by molar-refractivity contribution is -0.142. The molecule has 0 fully saturated rings. The smallest absolute Gasteiger partial charge is 0.307 e. The highest BCUT2D eigenvalue weighted by Crippen LogP contribution is 2.41. The Labute approximate surface area is 200 Å². The van der Waals surface area contributed by atoms with E-state index < -0.39 is 5.97 Å². The number of aliphatic carboxylic acids is 1. The maximum atomic E-state index is 11.6. The number of aryl methyl sites for hydroxylation is 2. The summed E-state index contributed by atoms with van der Waals surface area (Å²) in [5, 5.41) is 10.6. The van der Waals surface area contributed by atoms with Gasteiger partial charge in [0.05, 0.1) is 18.2 Å². The molecule has 1 unspecified atom stereocenters. The van der Waals surface area contributed by atoms with Crippen molar-refractivity contribution in [3.05, 3.63) is 69.7 Å². The van der Waals surface area contributed by atoms with Crippen molar-refractivity contribution >= 4 is 17.3 Å². The first kappa shape index (κ1) is 23.5. The maximum Gasteiger partial charge on any atom is 0.307 e. The fourth-order valence-corrected chi connectivity index (χ4v) is 5.79. The Bertz CT molecular complexity index is 1120. The molecule has 0 aliphatic heterocycles. The molecule has 0 saturated carbocycles. The number of carboxylic acid groups (broad SMARTS) is 1. The number of hydrogen-bond donors (Lipinski definition) is 1. The Morgan fingerprint density at radius 3 is 2.64 bits per heavy atom. The molecule has 5 heteroatoms. The molecule has 174 valence electrons. The van der Waals surface area contributed by atoms with Crippen molar-refractivity contribution in [2.24, 2.45) is 5.92 Å². The zero-order valence-corrected chi connectivity index (χ0v) is 20.7. The van der Waals surface area contributed by atoms with E-state index in [1.807, 2.05) is 13.0 Å². The summed E-state index contributed by atoms with van der Waals surface area (Å²) in [5.74, 6) is 0.503. The van der Waals surface area contributed by atoms with E-state index in [1.165, 1.54) is 27.1 Å². The van der Waals surface area contributed by atoms with Crippen LogP contribution in [0.4, 0.5) is 0 Å². The second kappa shape index (κ2) is 10.1. The first-order chi connectivity index (χ1) is 15.9. The standard InChI is InChI=1S/C28H33NO3S/c1-5-23(28(30)31)25-12-10-21-16-22(11-13-24(21)25)32-15-14-26-18(4)33-27(29-26)20-8-6-19(7-9-20)17(2)3/h6-9,11,13,16-17,23,25H,5,10,12,14-15H2,1-4H3,(H,30,31)/t23?,25-/m0/s1. The summed E-state index contributed by atoms with van der Waals surface area (Å²) in [6.45, 7) is 9.07.